The molecule has 2 heteroatoms. The van der Waals surface area contributed by atoms with Gasteiger partial charge in [0.05, 0.1) is 0 Å². The first-order valence-corrected chi connectivity index (χ1v) is 3.03. The van der Waals surface area contributed by atoms with Crippen molar-refractivity contribution >= 4 is 5.91 Å². The van der Waals surface area contributed by atoms with Gasteiger partial charge in [-0.25, -0.2) is 0 Å². The van der Waals surface area contributed by atoms with Crippen LogP contribution in [0, 0.1) is 0 Å². The van der Waals surface area contributed by atoms with Crippen molar-refractivity contribution in [2.24, 2.45) is 0 Å². The van der Waals surface area contributed by atoms with Crippen molar-refractivity contribution in [2.75, 3.05) is 0 Å². The van der Waals surface area contributed by atoms with E-state index in [-0.39, 0.29) is 11.4 Å². The highest BCUT2D eigenvalue weighted by Gasteiger charge is 2.27. The van der Waals surface area contributed by atoms with Crippen molar-refractivity contribution in [3.05, 3.63) is 12.3 Å². The molecule has 2 nitrogen and oxygen atoms in total. The van der Waals surface area contributed by atoms with E-state index >= 15 is 0 Å². The molecule has 0 fully saturated rings. The lowest BCUT2D eigenvalue weighted by molar-refractivity contribution is -0.130. The maximum Gasteiger partial charge on any atom is 0.252 e. The maximum atomic E-state index is 10.7. The van der Waals surface area contributed by atoms with Gasteiger partial charge < -0.3 is 4.90 Å². The zero-order valence-electron chi connectivity index (χ0n) is 6.01. The normalized spacial score (nSPS) is 18.1. The van der Waals surface area contributed by atoms with Crippen molar-refractivity contribution in [3.8, 4) is 0 Å². The smallest absolute Gasteiger partial charge is 0.252 e. The van der Waals surface area contributed by atoms with Crippen molar-refractivity contribution in [1.82, 2.24) is 4.90 Å². The lowest BCUT2D eigenvalue weighted by Gasteiger charge is -2.36. The van der Waals surface area contributed by atoms with Crippen molar-refractivity contribution in [3.63, 3.8) is 0 Å². The van der Waals surface area contributed by atoms with Gasteiger partial charge in [0.15, 0.2) is 0 Å². The first-order chi connectivity index (χ1) is 4.02. The van der Waals surface area contributed by atoms with E-state index in [1.807, 2.05) is 27.0 Å². The van der Waals surface area contributed by atoms with Gasteiger partial charge in [0, 0.05) is 17.8 Å². The molecule has 1 aliphatic heterocycles. The topological polar surface area (TPSA) is 20.3 Å². The van der Waals surface area contributed by atoms with Gasteiger partial charge in [0.2, 0.25) is 0 Å². The van der Waals surface area contributed by atoms with Crippen LogP contribution in [0.2, 0.25) is 0 Å². The van der Waals surface area contributed by atoms with E-state index in [0.29, 0.717) is 0 Å². The van der Waals surface area contributed by atoms with Crippen LogP contribution in [0.15, 0.2) is 12.3 Å². The second kappa shape index (κ2) is 1.59. The fraction of sp³-hybridized carbons (Fsp3) is 0.571. The fourth-order valence-corrected chi connectivity index (χ4v) is 0.764. The van der Waals surface area contributed by atoms with Gasteiger partial charge in [-0.05, 0) is 20.8 Å². The summed E-state index contributed by atoms with van der Waals surface area (Å²) >= 11 is 0. The SMILES string of the molecule is CC(C)(C)N1C=CC1=O. The van der Waals surface area contributed by atoms with Crippen molar-refractivity contribution in [2.45, 2.75) is 26.3 Å². The minimum atomic E-state index is -0.0359. The number of carbonyl (C=O) groups excluding carboxylic acids is 1. The number of amides is 1. The molecule has 0 aromatic carbocycles. The summed E-state index contributed by atoms with van der Waals surface area (Å²) in [5.41, 5.74) is -0.0359. The molecule has 0 aromatic rings. The number of hydrogen-bond donors (Lipinski definition) is 0. The molecule has 0 atom stereocenters. The zero-order chi connectivity index (χ0) is 7.07. The molecule has 1 rings (SSSR count). The van der Waals surface area contributed by atoms with Crippen molar-refractivity contribution < 1.29 is 4.79 Å². The average Bonchev–Trinajstić information content (AvgIpc) is 1.57. The highest BCUT2D eigenvalue weighted by molar-refractivity contribution is 5.94. The van der Waals surface area contributed by atoms with Crippen LogP contribution in [0.4, 0.5) is 0 Å². The minimum absolute atomic E-state index is 0.0359. The minimum Gasteiger partial charge on any atom is -0.310 e. The van der Waals surface area contributed by atoms with Gasteiger partial charge in [-0.1, -0.05) is 0 Å². The highest BCUT2D eigenvalue weighted by Crippen LogP contribution is 2.19. The van der Waals surface area contributed by atoms with E-state index in [0.717, 1.165) is 0 Å². The van der Waals surface area contributed by atoms with Crippen LogP contribution in [0.3, 0.4) is 0 Å². The number of rotatable bonds is 0. The van der Waals surface area contributed by atoms with E-state index in [4.69, 9.17) is 0 Å². The molecule has 0 radical (unpaired) electrons. The molecule has 0 saturated carbocycles. The summed E-state index contributed by atoms with van der Waals surface area (Å²) in [4.78, 5) is 12.4. The summed E-state index contributed by atoms with van der Waals surface area (Å²) in [5.74, 6) is 0.113. The molecule has 0 unspecified atom stereocenters. The van der Waals surface area contributed by atoms with Gasteiger partial charge in [-0.15, -0.1) is 0 Å². The van der Waals surface area contributed by atoms with E-state index in [2.05, 4.69) is 0 Å². The third-order valence-corrected chi connectivity index (χ3v) is 1.33. The molecule has 50 valence electrons. The lowest BCUT2D eigenvalue weighted by Crippen LogP contribution is -2.45. The third kappa shape index (κ3) is 0.969. The van der Waals surface area contributed by atoms with Gasteiger partial charge in [-0.2, -0.15) is 0 Å². The fourth-order valence-electron chi connectivity index (χ4n) is 0.764. The molecule has 1 aliphatic rings. The Morgan fingerprint density at radius 2 is 2.00 bits per heavy atom. The Bertz CT molecular complexity index is 164. The quantitative estimate of drug-likeness (QED) is 0.475. The second-order valence-electron chi connectivity index (χ2n) is 3.19. The molecule has 0 spiro atoms. The molecule has 0 aromatic heterocycles. The van der Waals surface area contributed by atoms with Crippen LogP contribution in [-0.4, -0.2) is 16.3 Å². The van der Waals surface area contributed by atoms with Crippen LogP contribution >= 0.6 is 0 Å². The van der Waals surface area contributed by atoms with Gasteiger partial charge >= 0.3 is 0 Å². The van der Waals surface area contributed by atoms with Gasteiger partial charge in [0.1, 0.15) is 0 Å². The lowest BCUT2D eigenvalue weighted by atomic mass is 10.0. The Morgan fingerprint density at radius 3 is 2.00 bits per heavy atom. The Morgan fingerprint density at radius 1 is 1.44 bits per heavy atom. The summed E-state index contributed by atoms with van der Waals surface area (Å²) < 4.78 is 0. The Balaban J connectivity index is 2.67. The molecule has 0 aliphatic carbocycles. The molecule has 1 heterocycles. The number of carbonyl (C=O) groups is 1. The van der Waals surface area contributed by atoms with E-state index < -0.39 is 0 Å². The zero-order valence-corrected chi connectivity index (χ0v) is 6.01. The maximum absolute atomic E-state index is 10.7. The largest absolute Gasteiger partial charge is 0.310 e. The van der Waals surface area contributed by atoms with Crippen LogP contribution in [0.25, 0.3) is 0 Å². The average molecular weight is 125 g/mol. The third-order valence-electron chi connectivity index (χ3n) is 1.33. The van der Waals surface area contributed by atoms with Crippen molar-refractivity contribution in [1.29, 1.82) is 0 Å². The molecule has 1 amide bonds. The van der Waals surface area contributed by atoms with Crippen LogP contribution in [0.1, 0.15) is 20.8 Å². The van der Waals surface area contributed by atoms with Crippen LogP contribution < -0.4 is 0 Å². The Hall–Kier alpha value is -0.790. The monoisotopic (exact) mass is 125 g/mol. The second-order valence-corrected chi connectivity index (χ2v) is 3.19. The molecule has 0 N–H and O–H groups in total. The van der Waals surface area contributed by atoms with E-state index in [9.17, 15) is 4.79 Å². The highest BCUT2D eigenvalue weighted by atomic mass is 16.2. The summed E-state index contributed by atoms with van der Waals surface area (Å²) in [6.07, 6.45) is 3.38. The predicted molar refractivity (Wildman–Crippen MR) is 35.7 cm³/mol. The molecule has 9 heavy (non-hydrogen) atoms. The van der Waals surface area contributed by atoms with Crippen LogP contribution in [-0.2, 0) is 4.79 Å². The van der Waals surface area contributed by atoms with Gasteiger partial charge in [0.25, 0.3) is 5.91 Å². The standard InChI is InChI=1S/C7H11NO/c1-7(2,3)8-5-4-6(8)9/h4-5H,1-3H3. The van der Waals surface area contributed by atoms with Crippen LogP contribution in [0.5, 0.6) is 0 Å². The molecular weight excluding hydrogens is 114 g/mol. The van der Waals surface area contributed by atoms with E-state index in [1.54, 1.807) is 11.0 Å². The summed E-state index contributed by atoms with van der Waals surface area (Å²) in [6.45, 7) is 6.02. The first-order valence-electron chi connectivity index (χ1n) is 3.03. The van der Waals surface area contributed by atoms with Gasteiger partial charge in [-0.3, -0.25) is 4.79 Å². The molecule has 0 bridgehead atoms. The Kier molecular flexibility index (Phi) is 1.12. The predicted octanol–water partition coefficient (Wildman–Crippen LogP) is 1.14. The molecule has 0 saturated heterocycles. The summed E-state index contributed by atoms with van der Waals surface area (Å²) in [5, 5.41) is 0. The summed E-state index contributed by atoms with van der Waals surface area (Å²) in [7, 11) is 0. The summed E-state index contributed by atoms with van der Waals surface area (Å²) in [6, 6.07) is 0. The number of nitrogens with zero attached hydrogens (tertiary/aromatic N) is 1. The number of hydrogen-bond acceptors (Lipinski definition) is 1. The first kappa shape index (κ1) is 6.33. The Labute approximate surface area is 55.2 Å². The molecular formula is C7H11NO. The van der Waals surface area contributed by atoms with E-state index in [1.165, 1.54) is 0 Å².